The molecule has 4 nitrogen and oxygen atoms in total. The van der Waals surface area contributed by atoms with Crippen LogP contribution >= 0.6 is 0 Å². The molecule has 0 aliphatic carbocycles. The third kappa shape index (κ3) is 5.03. The summed E-state index contributed by atoms with van der Waals surface area (Å²) in [5.41, 5.74) is 2.73. The van der Waals surface area contributed by atoms with Crippen molar-refractivity contribution in [2.24, 2.45) is 5.92 Å². The van der Waals surface area contributed by atoms with Gasteiger partial charge in [0.25, 0.3) is 0 Å². The minimum absolute atomic E-state index is 0.440. The monoisotopic (exact) mass is 338 g/mol. The first kappa shape index (κ1) is 18.4. The summed E-state index contributed by atoms with van der Waals surface area (Å²) >= 11 is 0. The fraction of sp³-hybridized carbons (Fsp3) is 0.667. The zero-order valence-corrected chi connectivity index (χ0v) is 15.7. The number of nitrogens with zero attached hydrogens (tertiary/aromatic N) is 1. The largest absolute Gasteiger partial charge is 0.303 e. The summed E-state index contributed by atoms with van der Waals surface area (Å²) in [6.07, 6.45) is 3.43. The second-order valence-corrected chi connectivity index (χ2v) is 8.73. The quantitative estimate of drug-likeness (QED) is 0.811. The summed E-state index contributed by atoms with van der Waals surface area (Å²) in [5.74, 6) is 0.762. The van der Waals surface area contributed by atoms with Gasteiger partial charge >= 0.3 is 0 Å². The van der Waals surface area contributed by atoms with E-state index in [9.17, 15) is 8.42 Å². The zero-order chi connectivity index (χ0) is 17.0. The molecule has 0 bridgehead atoms. The van der Waals surface area contributed by atoms with Gasteiger partial charge in [-0.1, -0.05) is 24.6 Å². The standard InChI is InChI=1S/C18H30N2O2S/c1-14-7-5-9-20(13-14)10-6-8-19-23(21,22)18-16(3)11-15(2)12-17(18)4/h11-12,14,19H,5-10,13H2,1-4H3/t14-/m1/s1. The lowest BCUT2D eigenvalue weighted by molar-refractivity contribution is 0.182. The van der Waals surface area contributed by atoms with Crippen molar-refractivity contribution in [3.05, 3.63) is 28.8 Å². The van der Waals surface area contributed by atoms with Gasteiger partial charge in [0.15, 0.2) is 0 Å². The average molecular weight is 339 g/mol. The van der Waals surface area contributed by atoms with Gasteiger partial charge in [0.2, 0.25) is 10.0 Å². The van der Waals surface area contributed by atoms with Crippen molar-refractivity contribution in [1.29, 1.82) is 0 Å². The Hall–Kier alpha value is -0.910. The van der Waals surface area contributed by atoms with Gasteiger partial charge in [0.05, 0.1) is 4.90 Å². The van der Waals surface area contributed by atoms with E-state index in [1.165, 1.54) is 12.8 Å². The van der Waals surface area contributed by atoms with Crippen LogP contribution in [-0.2, 0) is 10.0 Å². The number of aryl methyl sites for hydroxylation is 3. The first-order chi connectivity index (χ1) is 10.8. The van der Waals surface area contributed by atoms with E-state index in [0.29, 0.717) is 11.4 Å². The van der Waals surface area contributed by atoms with Crippen LogP contribution in [0.4, 0.5) is 0 Å². The van der Waals surface area contributed by atoms with Crippen LogP contribution in [0.5, 0.6) is 0 Å². The maximum Gasteiger partial charge on any atom is 0.241 e. The summed E-state index contributed by atoms with van der Waals surface area (Å²) in [4.78, 5) is 2.89. The molecule has 1 aromatic rings. The fourth-order valence-corrected chi connectivity index (χ4v) is 5.18. The van der Waals surface area contributed by atoms with Crippen LogP contribution in [0.3, 0.4) is 0 Å². The fourth-order valence-electron chi connectivity index (χ4n) is 3.66. The third-order valence-corrected chi connectivity index (χ3v) is 6.32. The SMILES string of the molecule is Cc1cc(C)c(S(=O)(=O)NCCCN2CCC[C@@H](C)C2)c(C)c1. The molecule has 1 aliphatic rings. The molecule has 0 radical (unpaired) electrons. The number of rotatable bonds is 6. The van der Waals surface area contributed by atoms with E-state index in [-0.39, 0.29) is 0 Å². The van der Waals surface area contributed by atoms with E-state index in [1.807, 2.05) is 32.9 Å². The molecule has 0 aromatic heterocycles. The van der Waals surface area contributed by atoms with Gasteiger partial charge in [-0.05, 0) is 70.2 Å². The molecular weight excluding hydrogens is 308 g/mol. The number of hydrogen-bond acceptors (Lipinski definition) is 3. The van der Waals surface area contributed by atoms with Gasteiger partial charge in [-0.3, -0.25) is 0 Å². The van der Waals surface area contributed by atoms with Gasteiger partial charge in [0, 0.05) is 13.1 Å². The van der Waals surface area contributed by atoms with Gasteiger partial charge in [0.1, 0.15) is 0 Å². The second-order valence-electron chi connectivity index (χ2n) is 7.03. The molecule has 1 fully saturated rings. The summed E-state index contributed by atoms with van der Waals surface area (Å²) in [6, 6.07) is 3.85. The minimum Gasteiger partial charge on any atom is -0.303 e. The Morgan fingerprint density at radius 2 is 1.87 bits per heavy atom. The number of likely N-dealkylation sites (tertiary alicyclic amines) is 1. The highest BCUT2D eigenvalue weighted by molar-refractivity contribution is 7.89. The number of piperidine rings is 1. The van der Waals surface area contributed by atoms with Gasteiger partial charge in [-0.25, -0.2) is 13.1 Å². The van der Waals surface area contributed by atoms with E-state index >= 15 is 0 Å². The van der Waals surface area contributed by atoms with Crippen molar-refractivity contribution in [3.8, 4) is 0 Å². The van der Waals surface area contributed by atoms with E-state index < -0.39 is 10.0 Å². The number of nitrogens with one attached hydrogen (secondary N) is 1. The molecule has 23 heavy (non-hydrogen) atoms. The maximum absolute atomic E-state index is 12.6. The molecule has 130 valence electrons. The highest BCUT2D eigenvalue weighted by Crippen LogP contribution is 2.21. The van der Waals surface area contributed by atoms with Crippen LogP contribution in [0.1, 0.15) is 42.9 Å². The van der Waals surface area contributed by atoms with Crippen molar-refractivity contribution in [2.45, 2.75) is 51.9 Å². The first-order valence-electron chi connectivity index (χ1n) is 8.59. The Morgan fingerprint density at radius 1 is 1.22 bits per heavy atom. The van der Waals surface area contributed by atoms with Crippen LogP contribution in [0.15, 0.2) is 17.0 Å². The Morgan fingerprint density at radius 3 is 2.48 bits per heavy atom. The normalized spacial score (nSPS) is 19.9. The van der Waals surface area contributed by atoms with Crippen LogP contribution < -0.4 is 4.72 Å². The Kier molecular flexibility index (Phi) is 6.23. The van der Waals surface area contributed by atoms with E-state index in [1.54, 1.807) is 0 Å². The lowest BCUT2D eigenvalue weighted by Gasteiger charge is -2.30. The number of sulfonamides is 1. The minimum atomic E-state index is -3.42. The molecule has 0 unspecified atom stereocenters. The molecule has 1 N–H and O–H groups in total. The zero-order valence-electron chi connectivity index (χ0n) is 14.9. The number of hydrogen-bond donors (Lipinski definition) is 1. The van der Waals surface area contributed by atoms with Crippen LogP contribution in [-0.4, -0.2) is 39.5 Å². The van der Waals surface area contributed by atoms with Crippen molar-refractivity contribution in [3.63, 3.8) is 0 Å². The predicted octanol–water partition coefficient (Wildman–Crippen LogP) is 3.01. The summed E-state index contributed by atoms with van der Waals surface area (Å²) in [7, 11) is -3.42. The average Bonchev–Trinajstić information content (AvgIpc) is 2.42. The van der Waals surface area contributed by atoms with E-state index in [4.69, 9.17) is 0 Å². The van der Waals surface area contributed by atoms with Crippen LogP contribution in [0.25, 0.3) is 0 Å². The molecule has 2 rings (SSSR count). The second kappa shape index (κ2) is 7.77. The molecule has 5 heteroatoms. The highest BCUT2D eigenvalue weighted by Gasteiger charge is 2.20. The third-order valence-electron chi connectivity index (χ3n) is 4.56. The molecule has 0 saturated carbocycles. The Bertz CT molecular complexity index is 617. The van der Waals surface area contributed by atoms with Crippen molar-refractivity contribution in [2.75, 3.05) is 26.2 Å². The van der Waals surface area contributed by atoms with E-state index in [2.05, 4.69) is 16.5 Å². The Labute approximate surface area is 141 Å². The molecule has 1 atom stereocenters. The predicted molar refractivity (Wildman–Crippen MR) is 95.3 cm³/mol. The van der Waals surface area contributed by atoms with Crippen LogP contribution in [0.2, 0.25) is 0 Å². The summed E-state index contributed by atoms with van der Waals surface area (Å²) in [6.45, 7) is 11.8. The van der Waals surface area contributed by atoms with Crippen LogP contribution in [0, 0.1) is 26.7 Å². The molecule has 0 spiro atoms. The summed E-state index contributed by atoms with van der Waals surface area (Å²) in [5, 5.41) is 0. The Balaban J connectivity index is 1.90. The van der Waals surface area contributed by atoms with Crippen molar-refractivity contribution >= 4 is 10.0 Å². The molecule has 0 amide bonds. The highest BCUT2D eigenvalue weighted by atomic mass is 32.2. The van der Waals surface area contributed by atoms with Gasteiger partial charge < -0.3 is 4.90 Å². The molecule has 1 aliphatic heterocycles. The van der Waals surface area contributed by atoms with Gasteiger partial charge in [-0.15, -0.1) is 0 Å². The lowest BCUT2D eigenvalue weighted by atomic mass is 10.0. The first-order valence-corrected chi connectivity index (χ1v) is 10.1. The van der Waals surface area contributed by atoms with Crippen molar-refractivity contribution < 1.29 is 8.42 Å². The lowest BCUT2D eigenvalue weighted by Crippen LogP contribution is -2.36. The smallest absolute Gasteiger partial charge is 0.241 e. The number of benzene rings is 1. The maximum atomic E-state index is 12.6. The molecule has 1 aromatic carbocycles. The molecule has 1 heterocycles. The molecular formula is C18H30N2O2S. The van der Waals surface area contributed by atoms with Gasteiger partial charge in [-0.2, -0.15) is 0 Å². The topological polar surface area (TPSA) is 49.4 Å². The van der Waals surface area contributed by atoms with E-state index in [0.717, 1.165) is 48.7 Å². The van der Waals surface area contributed by atoms with Crippen molar-refractivity contribution in [1.82, 2.24) is 9.62 Å². The summed E-state index contributed by atoms with van der Waals surface area (Å²) < 4.78 is 27.9. The molecule has 1 saturated heterocycles.